The van der Waals surface area contributed by atoms with Crippen LogP contribution in [0.5, 0.6) is 5.75 Å². The van der Waals surface area contributed by atoms with E-state index < -0.39 is 6.04 Å². The van der Waals surface area contributed by atoms with Crippen molar-refractivity contribution in [3.8, 4) is 5.75 Å². The zero-order valence-corrected chi connectivity index (χ0v) is 20.2. The summed E-state index contributed by atoms with van der Waals surface area (Å²) < 4.78 is 5.45. The summed E-state index contributed by atoms with van der Waals surface area (Å²) in [6, 6.07) is 13.8. The maximum Gasteiger partial charge on any atom is 0.258 e. The number of fused-ring (bicyclic) bond motifs is 1. The molecule has 2 aromatic rings. The number of anilines is 1. The van der Waals surface area contributed by atoms with Crippen LogP contribution in [0, 0.1) is 5.92 Å². The van der Waals surface area contributed by atoms with Crippen molar-refractivity contribution in [3.05, 3.63) is 59.7 Å². The summed E-state index contributed by atoms with van der Waals surface area (Å²) in [6.45, 7) is 1.56. The van der Waals surface area contributed by atoms with Crippen LogP contribution in [0.4, 0.5) is 5.69 Å². The summed E-state index contributed by atoms with van der Waals surface area (Å²) in [6.07, 6.45) is 6.85. The quantitative estimate of drug-likeness (QED) is 0.698. The van der Waals surface area contributed by atoms with E-state index in [9.17, 15) is 14.4 Å². The van der Waals surface area contributed by atoms with Gasteiger partial charge in [-0.05, 0) is 68.4 Å². The average Bonchev–Trinajstić information content (AvgIpc) is 3.56. The van der Waals surface area contributed by atoms with Gasteiger partial charge < -0.3 is 19.9 Å². The molecule has 2 aromatic carbocycles. The molecule has 0 spiro atoms. The topological polar surface area (TPSA) is 79.0 Å². The third-order valence-electron chi connectivity index (χ3n) is 7.73. The molecule has 2 aliphatic heterocycles. The molecule has 35 heavy (non-hydrogen) atoms. The Balaban J connectivity index is 1.38. The number of amides is 3. The minimum Gasteiger partial charge on any atom is -0.496 e. The van der Waals surface area contributed by atoms with Gasteiger partial charge in [0.15, 0.2) is 0 Å². The molecule has 7 nitrogen and oxygen atoms in total. The molecule has 1 saturated carbocycles. The maximum absolute atomic E-state index is 13.8. The molecule has 184 valence electrons. The van der Waals surface area contributed by atoms with Crippen LogP contribution >= 0.6 is 0 Å². The zero-order valence-electron chi connectivity index (χ0n) is 20.2. The van der Waals surface area contributed by atoms with E-state index in [2.05, 4.69) is 5.32 Å². The number of rotatable bonds is 5. The number of carbonyl (C=O) groups excluding carboxylic acids is 3. The number of ether oxygens (including phenoxy) is 1. The van der Waals surface area contributed by atoms with Crippen molar-refractivity contribution < 1.29 is 19.1 Å². The highest BCUT2D eigenvalue weighted by Crippen LogP contribution is 2.41. The highest BCUT2D eigenvalue weighted by Gasteiger charge is 2.48. The molecule has 7 heteroatoms. The van der Waals surface area contributed by atoms with Gasteiger partial charge in [0.2, 0.25) is 5.91 Å². The third-order valence-corrected chi connectivity index (χ3v) is 7.73. The van der Waals surface area contributed by atoms with Crippen molar-refractivity contribution >= 4 is 23.4 Å². The highest BCUT2D eigenvalue weighted by molar-refractivity contribution is 6.03. The molecule has 5 rings (SSSR count). The number of benzene rings is 2. The van der Waals surface area contributed by atoms with E-state index in [-0.39, 0.29) is 23.8 Å². The van der Waals surface area contributed by atoms with Crippen molar-refractivity contribution in [3.63, 3.8) is 0 Å². The highest BCUT2D eigenvalue weighted by atomic mass is 16.5. The van der Waals surface area contributed by atoms with E-state index in [1.807, 2.05) is 17.0 Å². The van der Waals surface area contributed by atoms with E-state index in [0.29, 0.717) is 34.9 Å². The van der Waals surface area contributed by atoms with Gasteiger partial charge in [-0.1, -0.05) is 31.0 Å². The number of hydrogen-bond donors (Lipinski definition) is 1. The zero-order chi connectivity index (χ0) is 24.4. The predicted molar refractivity (Wildman–Crippen MR) is 134 cm³/mol. The van der Waals surface area contributed by atoms with Crippen LogP contribution in [0.25, 0.3) is 0 Å². The minimum atomic E-state index is -0.557. The van der Waals surface area contributed by atoms with Gasteiger partial charge in [0.05, 0.1) is 12.7 Å². The molecule has 2 heterocycles. The van der Waals surface area contributed by atoms with Crippen molar-refractivity contribution in [1.82, 2.24) is 9.80 Å². The molecule has 3 fully saturated rings. The van der Waals surface area contributed by atoms with E-state index in [4.69, 9.17) is 4.74 Å². The molecule has 0 bridgehead atoms. The Bertz CT molecular complexity index is 1110. The molecule has 0 aromatic heterocycles. The second kappa shape index (κ2) is 10.1. The first kappa shape index (κ1) is 23.4. The third kappa shape index (κ3) is 4.64. The summed E-state index contributed by atoms with van der Waals surface area (Å²) in [5, 5.41) is 3.01. The number of methoxy groups -OCH3 is 1. The molecule has 3 amide bonds. The average molecular weight is 476 g/mol. The molecule has 3 aliphatic rings. The van der Waals surface area contributed by atoms with Gasteiger partial charge >= 0.3 is 0 Å². The Morgan fingerprint density at radius 2 is 1.69 bits per heavy atom. The first-order valence-electron chi connectivity index (χ1n) is 12.7. The summed E-state index contributed by atoms with van der Waals surface area (Å²) in [7, 11) is 1.56. The Kier molecular flexibility index (Phi) is 6.75. The molecular weight excluding hydrogens is 442 g/mol. The number of nitrogens with one attached hydrogen (secondary N) is 1. The lowest BCUT2D eigenvalue weighted by atomic mass is 9.84. The Morgan fingerprint density at radius 3 is 2.49 bits per heavy atom. The molecule has 1 aliphatic carbocycles. The van der Waals surface area contributed by atoms with Gasteiger partial charge in [-0.25, -0.2) is 0 Å². The van der Waals surface area contributed by atoms with Gasteiger partial charge in [-0.3, -0.25) is 14.4 Å². The second-order valence-electron chi connectivity index (χ2n) is 9.85. The number of para-hydroxylation sites is 1. The van der Waals surface area contributed by atoms with Crippen LogP contribution in [-0.2, 0) is 4.79 Å². The van der Waals surface area contributed by atoms with Crippen LogP contribution in [0.1, 0.15) is 65.7 Å². The van der Waals surface area contributed by atoms with E-state index in [1.165, 1.54) is 0 Å². The molecular formula is C28H33N3O4. The first-order chi connectivity index (χ1) is 17.1. The molecule has 2 saturated heterocycles. The van der Waals surface area contributed by atoms with Crippen molar-refractivity contribution in [2.45, 2.75) is 57.0 Å². The van der Waals surface area contributed by atoms with Crippen LogP contribution in [0.2, 0.25) is 0 Å². The summed E-state index contributed by atoms with van der Waals surface area (Å²) in [5.41, 5.74) is 1.64. The fourth-order valence-corrected chi connectivity index (χ4v) is 6.00. The second-order valence-corrected chi connectivity index (χ2v) is 9.85. The maximum atomic E-state index is 13.8. The molecule has 1 N–H and O–H groups in total. The normalized spacial score (nSPS) is 23.6. The van der Waals surface area contributed by atoms with Crippen LogP contribution in [0.3, 0.4) is 0 Å². The largest absolute Gasteiger partial charge is 0.496 e. The van der Waals surface area contributed by atoms with Crippen LogP contribution in [0.15, 0.2) is 48.5 Å². The SMILES string of the molecule is COc1ccccc1C(=O)N1C(C(=O)Nc2cccc(C(=O)N3CCCC3)c2)CC2CCCCC21. The van der Waals surface area contributed by atoms with Crippen molar-refractivity contribution in [1.29, 1.82) is 0 Å². The molecule has 3 atom stereocenters. The number of hydrogen-bond acceptors (Lipinski definition) is 4. The number of likely N-dealkylation sites (tertiary alicyclic amines) is 2. The Hall–Kier alpha value is -3.35. The van der Waals surface area contributed by atoms with E-state index >= 15 is 0 Å². The molecule has 0 radical (unpaired) electrons. The predicted octanol–water partition coefficient (Wildman–Crippen LogP) is 4.34. The lowest BCUT2D eigenvalue weighted by molar-refractivity contribution is -0.120. The number of carbonyl (C=O) groups is 3. The van der Waals surface area contributed by atoms with Gasteiger partial charge in [0.25, 0.3) is 11.8 Å². The number of nitrogens with zero attached hydrogens (tertiary/aromatic N) is 2. The lowest BCUT2D eigenvalue weighted by Gasteiger charge is -2.34. The standard InChI is InChI=1S/C28H33N3O4/c1-35-25-14-5-3-12-22(25)28(34)31-23-13-4-2-9-19(23)18-24(31)26(32)29-21-11-8-10-20(17-21)27(33)30-15-6-7-16-30/h3,5,8,10-12,14,17,19,23-24H,2,4,6-7,9,13,15-16,18H2,1H3,(H,29,32). The van der Waals surface area contributed by atoms with E-state index in [0.717, 1.165) is 51.6 Å². The smallest absolute Gasteiger partial charge is 0.258 e. The fraction of sp³-hybridized carbons (Fsp3) is 0.464. The fourth-order valence-electron chi connectivity index (χ4n) is 6.00. The Morgan fingerprint density at radius 1 is 0.914 bits per heavy atom. The van der Waals surface area contributed by atoms with Crippen molar-refractivity contribution in [2.24, 2.45) is 5.92 Å². The van der Waals surface area contributed by atoms with Crippen molar-refractivity contribution in [2.75, 3.05) is 25.5 Å². The van der Waals surface area contributed by atoms with Crippen LogP contribution < -0.4 is 10.1 Å². The Labute approximate surface area is 206 Å². The summed E-state index contributed by atoms with van der Waals surface area (Å²) in [4.78, 5) is 43.8. The van der Waals surface area contributed by atoms with Crippen LogP contribution in [-0.4, -0.2) is 59.8 Å². The van der Waals surface area contributed by atoms with E-state index in [1.54, 1.807) is 48.4 Å². The van der Waals surface area contributed by atoms with Gasteiger partial charge in [-0.2, -0.15) is 0 Å². The molecule has 3 unspecified atom stereocenters. The minimum absolute atomic E-state index is 0.00142. The monoisotopic (exact) mass is 475 g/mol. The first-order valence-corrected chi connectivity index (χ1v) is 12.7. The lowest BCUT2D eigenvalue weighted by Crippen LogP contribution is -2.48. The summed E-state index contributed by atoms with van der Waals surface area (Å²) >= 11 is 0. The summed E-state index contributed by atoms with van der Waals surface area (Å²) in [5.74, 6) is 0.479. The van der Waals surface area contributed by atoms with Gasteiger partial charge in [0.1, 0.15) is 11.8 Å². The van der Waals surface area contributed by atoms with Gasteiger partial charge in [-0.15, -0.1) is 0 Å². The van der Waals surface area contributed by atoms with Gasteiger partial charge in [0, 0.05) is 30.4 Å².